The number of nitrogens with one attached hydrogen (secondary N) is 2. The third kappa shape index (κ3) is 3.68. The molecule has 8 nitrogen and oxygen atoms in total. The number of hydrogen-bond acceptors (Lipinski definition) is 6. The molecular weight excluding hydrogens is 341 g/mol. The summed E-state index contributed by atoms with van der Waals surface area (Å²) in [4.78, 5) is 4.23. The summed E-state index contributed by atoms with van der Waals surface area (Å²) in [5.74, 6) is -1.15. The number of nitrogens with zero attached hydrogens (tertiary/aromatic N) is 1. The number of aliphatic imine (C=N–C) groups is 1. The average molecular weight is 357 g/mol. The fourth-order valence-corrected chi connectivity index (χ4v) is 2.86. The molecule has 1 aromatic carbocycles. The molecule has 0 bridgehead atoms. The molecule has 0 amide bonds. The Bertz CT molecular complexity index is 610. The van der Waals surface area contributed by atoms with Crippen LogP contribution in [0, 0.1) is 0 Å². The van der Waals surface area contributed by atoms with E-state index in [4.69, 9.17) is 17.7 Å². The number of benzene rings is 1. The second kappa shape index (κ2) is 5.95. The molecular formula is C12H16AsN3O5. The van der Waals surface area contributed by atoms with Crippen molar-refractivity contribution in [1.29, 1.82) is 0 Å². The zero-order valence-electron chi connectivity index (χ0n) is 11.5. The summed E-state index contributed by atoms with van der Waals surface area (Å²) < 4.78 is 39.8. The van der Waals surface area contributed by atoms with E-state index in [1.807, 2.05) is 0 Å². The van der Waals surface area contributed by atoms with Crippen molar-refractivity contribution in [3.63, 3.8) is 0 Å². The minimum atomic E-state index is -4.87. The molecule has 114 valence electrons. The zero-order chi connectivity index (χ0) is 15.5. The first-order valence-electron chi connectivity index (χ1n) is 5.96. The van der Waals surface area contributed by atoms with Crippen LogP contribution >= 0.6 is 0 Å². The zero-order valence-corrected chi connectivity index (χ0v) is 13.4. The topological polar surface area (TPSA) is 112 Å². The molecule has 4 N–H and O–H groups in total. The van der Waals surface area contributed by atoms with Crippen LogP contribution in [0.3, 0.4) is 0 Å². The molecule has 1 unspecified atom stereocenters. The molecule has 0 saturated carbocycles. The van der Waals surface area contributed by atoms with Gasteiger partial charge in [-0.3, -0.25) is 0 Å². The van der Waals surface area contributed by atoms with Crippen LogP contribution in [0.25, 0.3) is 0 Å². The molecule has 0 aromatic heterocycles. The third-order valence-electron chi connectivity index (χ3n) is 2.82. The summed E-state index contributed by atoms with van der Waals surface area (Å²) >= 11 is -4.87. The van der Waals surface area contributed by atoms with E-state index in [9.17, 15) is 3.74 Å². The molecule has 0 fully saturated rings. The maximum atomic E-state index is 11.2. The second-order valence-corrected chi connectivity index (χ2v) is 7.58. The molecule has 21 heavy (non-hydrogen) atoms. The van der Waals surface area contributed by atoms with Gasteiger partial charge in [0.25, 0.3) is 0 Å². The van der Waals surface area contributed by atoms with Crippen molar-refractivity contribution in [2.45, 2.75) is 5.85 Å². The van der Waals surface area contributed by atoms with Gasteiger partial charge in [-0.15, -0.1) is 0 Å². The average Bonchev–Trinajstić information content (AvgIpc) is 2.47. The van der Waals surface area contributed by atoms with E-state index in [2.05, 4.69) is 15.6 Å². The van der Waals surface area contributed by atoms with Crippen LogP contribution in [0.2, 0.25) is 0 Å². The van der Waals surface area contributed by atoms with Crippen LogP contribution in [-0.2, 0) is 13.2 Å². The Hall–Kier alpha value is -1.73. The van der Waals surface area contributed by atoms with Gasteiger partial charge in [0.2, 0.25) is 0 Å². The van der Waals surface area contributed by atoms with E-state index in [1.165, 1.54) is 26.4 Å². The van der Waals surface area contributed by atoms with Crippen molar-refractivity contribution in [1.82, 2.24) is 5.32 Å². The number of anilines is 1. The molecule has 0 spiro atoms. The molecule has 9 heteroatoms. The van der Waals surface area contributed by atoms with Gasteiger partial charge in [0.15, 0.2) is 0 Å². The van der Waals surface area contributed by atoms with Crippen LogP contribution in [0.5, 0.6) is 0 Å². The summed E-state index contributed by atoms with van der Waals surface area (Å²) in [6, 6.07) is 6.12. The summed E-state index contributed by atoms with van der Waals surface area (Å²) in [7, 11) is 2.95. The first kappa shape index (κ1) is 15.7. The second-order valence-electron chi connectivity index (χ2n) is 4.22. The number of methoxy groups -OCH3 is 2. The Labute approximate surface area is 124 Å². The number of amidine groups is 1. The van der Waals surface area contributed by atoms with Crippen molar-refractivity contribution in [3.05, 3.63) is 36.5 Å². The fourth-order valence-electron chi connectivity index (χ4n) is 1.73. The van der Waals surface area contributed by atoms with Crippen molar-refractivity contribution in [2.24, 2.45) is 4.99 Å². The SMILES string of the molecule is COC1=NC(Nc2ccc([As](=O)(O)O)cc2)(OC)C=CN1. The van der Waals surface area contributed by atoms with E-state index in [0.29, 0.717) is 5.69 Å². The normalized spacial score (nSPS) is 21.4. The van der Waals surface area contributed by atoms with Gasteiger partial charge in [0.05, 0.1) is 0 Å². The molecule has 0 saturated heterocycles. The first-order chi connectivity index (χ1) is 9.88. The van der Waals surface area contributed by atoms with E-state index in [-0.39, 0.29) is 10.4 Å². The fraction of sp³-hybridized carbons (Fsp3) is 0.250. The first-order valence-corrected chi connectivity index (χ1v) is 9.34. The Morgan fingerprint density at radius 1 is 1.29 bits per heavy atom. The van der Waals surface area contributed by atoms with Gasteiger partial charge < -0.3 is 0 Å². The van der Waals surface area contributed by atoms with Gasteiger partial charge in [-0.05, 0) is 0 Å². The molecule has 1 aliphatic heterocycles. The monoisotopic (exact) mass is 357 g/mol. The summed E-state index contributed by atoms with van der Waals surface area (Å²) in [5.41, 5.74) is 0.593. The number of rotatable bonds is 4. The molecule has 1 aliphatic rings. The van der Waals surface area contributed by atoms with Gasteiger partial charge in [0, 0.05) is 0 Å². The van der Waals surface area contributed by atoms with Gasteiger partial charge >= 0.3 is 124 Å². The van der Waals surface area contributed by atoms with Gasteiger partial charge in [-0.1, -0.05) is 0 Å². The summed E-state index contributed by atoms with van der Waals surface area (Å²) in [6.45, 7) is 0. The van der Waals surface area contributed by atoms with E-state index in [0.717, 1.165) is 0 Å². The minimum absolute atomic E-state index is 0.00655. The van der Waals surface area contributed by atoms with E-state index in [1.54, 1.807) is 24.4 Å². The van der Waals surface area contributed by atoms with Crippen LogP contribution in [-0.4, -0.2) is 48.5 Å². The van der Waals surface area contributed by atoms with Crippen LogP contribution < -0.4 is 15.0 Å². The quantitative estimate of drug-likeness (QED) is 0.407. The Morgan fingerprint density at radius 3 is 2.48 bits per heavy atom. The van der Waals surface area contributed by atoms with Crippen LogP contribution in [0.15, 0.2) is 41.5 Å². The van der Waals surface area contributed by atoms with E-state index >= 15 is 0 Å². The molecule has 0 radical (unpaired) electrons. The number of ether oxygens (including phenoxy) is 2. The Balaban J connectivity index is 2.23. The number of hydrogen-bond donors (Lipinski definition) is 4. The third-order valence-corrected chi connectivity index (χ3v) is 4.85. The van der Waals surface area contributed by atoms with Crippen molar-refractivity contribution in [2.75, 3.05) is 19.5 Å². The van der Waals surface area contributed by atoms with Crippen molar-refractivity contribution in [3.8, 4) is 0 Å². The van der Waals surface area contributed by atoms with Gasteiger partial charge in [-0.2, -0.15) is 0 Å². The molecule has 0 aliphatic carbocycles. The molecule has 1 atom stereocenters. The molecule has 1 aromatic rings. The predicted molar refractivity (Wildman–Crippen MR) is 77.0 cm³/mol. The van der Waals surface area contributed by atoms with Gasteiger partial charge in [-0.25, -0.2) is 0 Å². The maximum absolute atomic E-state index is 11.2. The van der Waals surface area contributed by atoms with Crippen LogP contribution in [0.1, 0.15) is 0 Å². The van der Waals surface area contributed by atoms with Crippen molar-refractivity contribution < 1.29 is 21.4 Å². The van der Waals surface area contributed by atoms with E-state index < -0.39 is 20.0 Å². The Morgan fingerprint density at radius 2 is 1.95 bits per heavy atom. The molecule has 1 heterocycles. The standard InChI is InChI=1S/C12H16AsN3O5/c1-20-11-14-8-7-12(16-11,21-2)15-10-5-3-9(4-6-10)13(17,18)19/h3-8,15H,1-2H3,(H,14,16)(H2,17,18,19). The summed E-state index contributed by atoms with van der Waals surface area (Å²) in [5, 5.41) is 5.82. The predicted octanol–water partition coefficient (Wildman–Crippen LogP) is -0.921. The van der Waals surface area contributed by atoms with Gasteiger partial charge in [0.1, 0.15) is 0 Å². The van der Waals surface area contributed by atoms with Crippen molar-refractivity contribution >= 4 is 30.2 Å². The summed E-state index contributed by atoms with van der Waals surface area (Å²) in [6.07, 6.45) is 3.27. The Kier molecular flexibility index (Phi) is 4.43. The van der Waals surface area contributed by atoms with Crippen LogP contribution in [0.4, 0.5) is 5.69 Å². The molecule has 2 rings (SSSR count).